The largest absolute Gasteiger partial charge is 0.298 e. The monoisotopic (exact) mass is 181 g/mol. The number of carbonyl (C=O) groups excluding carboxylic acids is 1. The van der Waals surface area contributed by atoms with Gasteiger partial charge in [0.2, 0.25) is 0 Å². The summed E-state index contributed by atoms with van der Waals surface area (Å²) in [5.41, 5.74) is 0. The lowest BCUT2D eigenvalue weighted by Gasteiger charge is -2.31. The van der Waals surface area contributed by atoms with Crippen molar-refractivity contribution in [3.8, 4) is 0 Å². The van der Waals surface area contributed by atoms with E-state index in [1.54, 1.807) is 0 Å². The maximum Gasteiger partial charge on any atom is 0.149 e. The summed E-state index contributed by atoms with van der Waals surface area (Å²) in [6.07, 6.45) is 7.50. The summed E-state index contributed by atoms with van der Waals surface area (Å²) in [6, 6.07) is 0. The van der Waals surface area contributed by atoms with Crippen molar-refractivity contribution in [1.29, 1.82) is 0 Å². The van der Waals surface area contributed by atoms with Gasteiger partial charge in [-0.05, 0) is 32.4 Å². The number of ketones is 1. The van der Waals surface area contributed by atoms with E-state index in [9.17, 15) is 4.79 Å². The van der Waals surface area contributed by atoms with E-state index in [0.717, 1.165) is 32.5 Å². The van der Waals surface area contributed by atoms with Crippen LogP contribution in [0.15, 0.2) is 0 Å². The Labute approximate surface area is 80.3 Å². The number of carbonyl (C=O) groups is 1. The van der Waals surface area contributed by atoms with Gasteiger partial charge in [0.05, 0.1) is 6.54 Å². The molecule has 2 fully saturated rings. The summed E-state index contributed by atoms with van der Waals surface area (Å²) in [5, 5.41) is 0. The van der Waals surface area contributed by atoms with E-state index in [1.807, 2.05) is 0 Å². The van der Waals surface area contributed by atoms with Crippen molar-refractivity contribution < 1.29 is 4.79 Å². The zero-order chi connectivity index (χ0) is 9.10. The Hall–Kier alpha value is -0.370. The van der Waals surface area contributed by atoms with Crippen LogP contribution in [0.5, 0.6) is 0 Å². The first kappa shape index (κ1) is 9.20. The molecule has 2 rings (SSSR count). The molecule has 1 aliphatic heterocycles. The molecule has 2 heteroatoms. The van der Waals surface area contributed by atoms with Crippen molar-refractivity contribution in [3.63, 3.8) is 0 Å². The van der Waals surface area contributed by atoms with E-state index < -0.39 is 0 Å². The molecule has 0 aromatic rings. The summed E-state index contributed by atoms with van der Waals surface area (Å²) >= 11 is 0. The lowest BCUT2D eigenvalue weighted by atomic mass is 9.86. The molecule has 1 aliphatic carbocycles. The minimum Gasteiger partial charge on any atom is -0.298 e. The van der Waals surface area contributed by atoms with Crippen molar-refractivity contribution in [2.24, 2.45) is 5.92 Å². The average Bonchev–Trinajstić information content (AvgIpc) is 2.12. The summed E-state index contributed by atoms with van der Waals surface area (Å²) in [5.74, 6) is 0.925. The van der Waals surface area contributed by atoms with Crippen LogP contribution in [-0.4, -0.2) is 30.3 Å². The smallest absolute Gasteiger partial charge is 0.149 e. The SMILES string of the molecule is O=C(CN1CCC1)C1CCCCC1. The Bertz CT molecular complexity index is 181. The second-order valence-electron chi connectivity index (χ2n) is 4.43. The molecule has 1 saturated carbocycles. The summed E-state index contributed by atoms with van der Waals surface area (Å²) in [6.45, 7) is 3.04. The lowest BCUT2D eigenvalue weighted by Crippen LogP contribution is -2.42. The van der Waals surface area contributed by atoms with Crippen molar-refractivity contribution >= 4 is 5.78 Å². The molecule has 0 unspecified atom stereocenters. The minimum absolute atomic E-state index is 0.411. The van der Waals surface area contributed by atoms with E-state index in [1.165, 1.54) is 25.7 Å². The standard InChI is InChI=1S/C11H19NO/c13-11(9-12-7-4-8-12)10-5-2-1-3-6-10/h10H,1-9H2. The molecule has 2 aliphatic rings. The molecule has 0 bridgehead atoms. The minimum atomic E-state index is 0.411. The van der Waals surface area contributed by atoms with Gasteiger partial charge in [0.1, 0.15) is 5.78 Å². The molecule has 1 saturated heterocycles. The van der Waals surface area contributed by atoms with Gasteiger partial charge in [-0.15, -0.1) is 0 Å². The normalized spacial score (nSPS) is 25.5. The maximum absolute atomic E-state index is 11.8. The summed E-state index contributed by atoms with van der Waals surface area (Å²) in [7, 11) is 0. The molecule has 0 atom stereocenters. The quantitative estimate of drug-likeness (QED) is 0.662. The van der Waals surface area contributed by atoms with E-state index >= 15 is 0 Å². The van der Waals surface area contributed by atoms with Crippen LogP contribution in [0.1, 0.15) is 38.5 Å². The van der Waals surface area contributed by atoms with Gasteiger partial charge in [-0.25, -0.2) is 0 Å². The van der Waals surface area contributed by atoms with E-state index in [-0.39, 0.29) is 0 Å². The Morgan fingerprint density at radius 3 is 2.31 bits per heavy atom. The fourth-order valence-corrected chi connectivity index (χ4v) is 2.31. The molecule has 74 valence electrons. The molecule has 13 heavy (non-hydrogen) atoms. The van der Waals surface area contributed by atoms with Gasteiger partial charge in [0, 0.05) is 5.92 Å². The fraction of sp³-hybridized carbons (Fsp3) is 0.909. The van der Waals surface area contributed by atoms with Crippen LogP contribution in [0.3, 0.4) is 0 Å². The van der Waals surface area contributed by atoms with E-state index in [0.29, 0.717) is 11.7 Å². The molecular formula is C11H19NO. The highest BCUT2D eigenvalue weighted by atomic mass is 16.1. The zero-order valence-corrected chi connectivity index (χ0v) is 8.30. The van der Waals surface area contributed by atoms with Crippen LogP contribution in [0.25, 0.3) is 0 Å². The number of hydrogen-bond donors (Lipinski definition) is 0. The van der Waals surface area contributed by atoms with Crippen LogP contribution >= 0.6 is 0 Å². The molecule has 0 amide bonds. The average molecular weight is 181 g/mol. The molecule has 0 aromatic heterocycles. The van der Waals surface area contributed by atoms with E-state index in [4.69, 9.17) is 0 Å². The number of nitrogens with zero attached hydrogens (tertiary/aromatic N) is 1. The fourth-order valence-electron chi connectivity index (χ4n) is 2.31. The van der Waals surface area contributed by atoms with E-state index in [2.05, 4.69) is 4.90 Å². The Morgan fingerprint density at radius 2 is 1.77 bits per heavy atom. The van der Waals surface area contributed by atoms with Gasteiger partial charge in [-0.1, -0.05) is 19.3 Å². The first-order valence-corrected chi connectivity index (χ1v) is 5.61. The second kappa shape index (κ2) is 4.23. The van der Waals surface area contributed by atoms with Crippen molar-refractivity contribution in [2.45, 2.75) is 38.5 Å². The summed E-state index contributed by atoms with van der Waals surface area (Å²) < 4.78 is 0. The highest BCUT2D eigenvalue weighted by Gasteiger charge is 2.24. The van der Waals surface area contributed by atoms with Gasteiger partial charge >= 0.3 is 0 Å². The first-order chi connectivity index (χ1) is 6.36. The number of Topliss-reactive ketones (excluding diaryl/α,β-unsaturated/α-hetero) is 1. The van der Waals surface area contributed by atoms with Gasteiger partial charge in [-0.2, -0.15) is 0 Å². The van der Waals surface area contributed by atoms with Gasteiger partial charge in [0.15, 0.2) is 0 Å². The first-order valence-electron chi connectivity index (χ1n) is 5.61. The Morgan fingerprint density at radius 1 is 1.08 bits per heavy atom. The maximum atomic E-state index is 11.8. The zero-order valence-electron chi connectivity index (χ0n) is 8.30. The van der Waals surface area contributed by atoms with Crippen LogP contribution in [-0.2, 0) is 4.79 Å². The topological polar surface area (TPSA) is 20.3 Å². The number of hydrogen-bond acceptors (Lipinski definition) is 2. The van der Waals surface area contributed by atoms with Crippen molar-refractivity contribution in [3.05, 3.63) is 0 Å². The van der Waals surface area contributed by atoms with Gasteiger partial charge in [0.25, 0.3) is 0 Å². The third-order valence-electron chi connectivity index (χ3n) is 3.39. The van der Waals surface area contributed by atoms with Gasteiger partial charge in [-0.3, -0.25) is 9.69 Å². The van der Waals surface area contributed by atoms with Crippen molar-refractivity contribution in [1.82, 2.24) is 4.90 Å². The predicted octanol–water partition coefficient (Wildman–Crippen LogP) is 1.84. The van der Waals surface area contributed by atoms with Crippen molar-refractivity contribution in [2.75, 3.05) is 19.6 Å². The molecule has 1 heterocycles. The van der Waals surface area contributed by atoms with Gasteiger partial charge < -0.3 is 0 Å². The molecule has 0 N–H and O–H groups in total. The Kier molecular flexibility index (Phi) is 2.99. The number of likely N-dealkylation sites (tertiary alicyclic amines) is 1. The number of rotatable bonds is 3. The van der Waals surface area contributed by atoms with Crippen LogP contribution in [0.2, 0.25) is 0 Å². The molecule has 0 radical (unpaired) electrons. The second-order valence-corrected chi connectivity index (χ2v) is 4.43. The highest BCUT2D eigenvalue weighted by Crippen LogP contribution is 2.24. The van der Waals surface area contributed by atoms with Crippen LogP contribution in [0.4, 0.5) is 0 Å². The summed E-state index contributed by atoms with van der Waals surface area (Å²) in [4.78, 5) is 14.0. The third kappa shape index (κ3) is 2.31. The molecule has 0 aromatic carbocycles. The molecule has 2 nitrogen and oxygen atoms in total. The molecular weight excluding hydrogens is 162 g/mol. The van der Waals surface area contributed by atoms with Crippen LogP contribution < -0.4 is 0 Å². The highest BCUT2D eigenvalue weighted by molar-refractivity contribution is 5.83. The predicted molar refractivity (Wildman–Crippen MR) is 52.6 cm³/mol. The lowest BCUT2D eigenvalue weighted by molar-refractivity contribution is -0.125. The van der Waals surface area contributed by atoms with Crippen LogP contribution in [0, 0.1) is 5.92 Å². The molecule has 0 spiro atoms. The Balaban J connectivity index is 1.74. The third-order valence-corrected chi connectivity index (χ3v) is 3.39.